The summed E-state index contributed by atoms with van der Waals surface area (Å²) in [5.41, 5.74) is 3.80. The number of hydrazine groups is 1. The van der Waals surface area contributed by atoms with Gasteiger partial charge in [0.25, 0.3) is 5.91 Å². The molecule has 2 heterocycles. The molecular formula is C14H18N4O2. The number of rotatable bonds is 5. The average molecular weight is 274 g/mol. The van der Waals surface area contributed by atoms with Gasteiger partial charge in [0.15, 0.2) is 0 Å². The van der Waals surface area contributed by atoms with E-state index in [2.05, 4.69) is 15.7 Å². The van der Waals surface area contributed by atoms with Crippen molar-refractivity contribution in [1.29, 1.82) is 0 Å². The molecule has 0 spiro atoms. The molecule has 0 radical (unpaired) electrons. The topological polar surface area (TPSA) is 93.2 Å². The predicted octanol–water partition coefficient (Wildman–Crippen LogP) is 2.01. The summed E-state index contributed by atoms with van der Waals surface area (Å²) < 4.78 is 5.17. The third-order valence-corrected chi connectivity index (χ3v) is 2.85. The zero-order valence-electron chi connectivity index (χ0n) is 11.5. The van der Waals surface area contributed by atoms with Crippen LogP contribution in [0.25, 0.3) is 0 Å². The first-order valence-corrected chi connectivity index (χ1v) is 6.39. The van der Waals surface area contributed by atoms with Crippen molar-refractivity contribution < 1.29 is 9.21 Å². The van der Waals surface area contributed by atoms with E-state index in [9.17, 15) is 4.79 Å². The number of nitrogens with zero attached hydrogens (tertiary/aromatic N) is 1. The van der Waals surface area contributed by atoms with Crippen molar-refractivity contribution in [2.45, 2.75) is 26.3 Å². The summed E-state index contributed by atoms with van der Waals surface area (Å²) in [7, 11) is 0. The van der Waals surface area contributed by atoms with Crippen LogP contribution in [0.1, 0.15) is 41.6 Å². The van der Waals surface area contributed by atoms with E-state index < -0.39 is 0 Å². The van der Waals surface area contributed by atoms with Crippen LogP contribution in [-0.4, -0.2) is 10.9 Å². The Kier molecular flexibility index (Phi) is 4.37. The molecule has 0 aliphatic carbocycles. The fraction of sp³-hybridized carbons (Fsp3) is 0.286. The molecule has 106 valence electrons. The fourth-order valence-electron chi connectivity index (χ4n) is 1.74. The third-order valence-electron chi connectivity index (χ3n) is 2.85. The standard InChI is InChI=1S/C14H18N4O2/c1-9(2)12-6-10(7-13(17-12)18-15)14(19)16-8-11-4-3-5-20-11/h3-7,9H,8,15H2,1-2H3,(H,16,19)(H,17,18). The summed E-state index contributed by atoms with van der Waals surface area (Å²) >= 11 is 0. The molecule has 0 saturated heterocycles. The van der Waals surface area contributed by atoms with Gasteiger partial charge in [-0.1, -0.05) is 13.8 Å². The number of furan rings is 1. The molecule has 0 aliphatic rings. The maximum absolute atomic E-state index is 12.1. The fourth-order valence-corrected chi connectivity index (χ4v) is 1.74. The highest BCUT2D eigenvalue weighted by Gasteiger charge is 2.11. The molecule has 1 amide bonds. The lowest BCUT2D eigenvalue weighted by atomic mass is 10.1. The number of aromatic nitrogens is 1. The van der Waals surface area contributed by atoms with E-state index in [0.29, 0.717) is 23.7 Å². The number of nitrogens with one attached hydrogen (secondary N) is 2. The number of pyridine rings is 1. The number of nitrogen functional groups attached to an aromatic ring is 1. The van der Waals surface area contributed by atoms with Crippen LogP contribution in [0.2, 0.25) is 0 Å². The van der Waals surface area contributed by atoms with Crippen LogP contribution >= 0.6 is 0 Å². The lowest BCUT2D eigenvalue weighted by Crippen LogP contribution is -2.23. The summed E-state index contributed by atoms with van der Waals surface area (Å²) in [6.07, 6.45) is 1.57. The van der Waals surface area contributed by atoms with Gasteiger partial charge in [-0.25, -0.2) is 10.8 Å². The number of anilines is 1. The molecule has 0 unspecified atom stereocenters. The summed E-state index contributed by atoms with van der Waals surface area (Å²) in [6, 6.07) is 6.97. The molecule has 20 heavy (non-hydrogen) atoms. The molecule has 4 N–H and O–H groups in total. The Bertz CT molecular complexity index is 579. The van der Waals surface area contributed by atoms with Crippen molar-refractivity contribution in [3.63, 3.8) is 0 Å². The molecule has 6 nitrogen and oxygen atoms in total. The van der Waals surface area contributed by atoms with Gasteiger partial charge >= 0.3 is 0 Å². The van der Waals surface area contributed by atoms with Gasteiger partial charge in [-0.2, -0.15) is 0 Å². The highest BCUT2D eigenvalue weighted by molar-refractivity contribution is 5.94. The van der Waals surface area contributed by atoms with Gasteiger partial charge in [0.2, 0.25) is 0 Å². The van der Waals surface area contributed by atoms with Gasteiger partial charge < -0.3 is 15.2 Å². The lowest BCUT2D eigenvalue weighted by molar-refractivity contribution is 0.0948. The Morgan fingerprint density at radius 3 is 2.85 bits per heavy atom. The molecular weight excluding hydrogens is 256 g/mol. The molecule has 0 atom stereocenters. The highest BCUT2D eigenvalue weighted by atomic mass is 16.3. The zero-order chi connectivity index (χ0) is 14.5. The van der Waals surface area contributed by atoms with E-state index in [1.807, 2.05) is 13.8 Å². The Morgan fingerprint density at radius 1 is 1.45 bits per heavy atom. The second-order valence-electron chi connectivity index (χ2n) is 4.73. The molecule has 2 aromatic rings. The number of carbonyl (C=O) groups excluding carboxylic acids is 1. The van der Waals surface area contributed by atoms with Gasteiger partial charge in [-0.3, -0.25) is 4.79 Å². The molecule has 0 fully saturated rings. The minimum absolute atomic E-state index is 0.192. The summed E-state index contributed by atoms with van der Waals surface area (Å²) in [6.45, 7) is 4.36. The SMILES string of the molecule is CC(C)c1cc(C(=O)NCc2ccco2)cc(NN)n1. The molecule has 6 heteroatoms. The van der Waals surface area contributed by atoms with Crippen LogP contribution in [0.3, 0.4) is 0 Å². The molecule has 0 bridgehead atoms. The van der Waals surface area contributed by atoms with E-state index in [1.54, 1.807) is 30.5 Å². The van der Waals surface area contributed by atoms with E-state index in [0.717, 1.165) is 5.69 Å². The smallest absolute Gasteiger partial charge is 0.251 e. The first-order chi connectivity index (χ1) is 9.60. The Labute approximate surface area is 117 Å². The van der Waals surface area contributed by atoms with E-state index in [-0.39, 0.29) is 11.8 Å². The van der Waals surface area contributed by atoms with Crippen molar-refractivity contribution in [3.8, 4) is 0 Å². The number of nitrogens with two attached hydrogens (primary N) is 1. The number of hydrogen-bond donors (Lipinski definition) is 3. The quantitative estimate of drug-likeness (QED) is 0.573. The first kappa shape index (κ1) is 14.1. The molecule has 0 aromatic carbocycles. The second-order valence-corrected chi connectivity index (χ2v) is 4.73. The lowest BCUT2D eigenvalue weighted by Gasteiger charge is -2.10. The monoisotopic (exact) mass is 274 g/mol. The maximum Gasteiger partial charge on any atom is 0.251 e. The number of carbonyl (C=O) groups is 1. The third kappa shape index (κ3) is 3.36. The van der Waals surface area contributed by atoms with Crippen LogP contribution in [0.4, 0.5) is 5.82 Å². The van der Waals surface area contributed by atoms with Gasteiger partial charge in [0.05, 0.1) is 12.8 Å². The molecule has 0 saturated carbocycles. The average Bonchev–Trinajstić information content (AvgIpc) is 2.97. The Hall–Kier alpha value is -2.34. The van der Waals surface area contributed by atoms with Crippen molar-refractivity contribution in [2.75, 3.05) is 5.43 Å². The normalized spacial score (nSPS) is 10.6. The van der Waals surface area contributed by atoms with Crippen LogP contribution in [-0.2, 0) is 6.54 Å². The van der Waals surface area contributed by atoms with Gasteiger partial charge in [-0.05, 0) is 30.2 Å². The Morgan fingerprint density at radius 2 is 2.25 bits per heavy atom. The van der Waals surface area contributed by atoms with Crippen LogP contribution in [0, 0.1) is 0 Å². The molecule has 0 aliphatic heterocycles. The van der Waals surface area contributed by atoms with Gasteiger partial charge in [-0.15, -0.1) is 0 Å². The minimum atomic E-state index is -0.192. The first-order valence-electron chi connectivity index (χ1n) is 6.39. The van der Waals surface area contributed by atoms with Crippen molar-refractivity contribution in [3.05, 3.63) is 47.5 Å². The van der Waals surface area contributed by atoms with Gasteiger partial charge in [0, 0.05) is 11.3 Å². The maximum atomic E-state index is 12.1. The largest absolute Gasteiger partial charge is 0.467 e. The highest BCUT2D eigenvalue weighted by Crippen LogP contribution is 2.17. The van der Waals surface area contributed by atoms with Crippen LogP contribution in [0.15, 0.2) is 34.9 Å². The summed E-state index contributed by atoms with van der Waals surface area (Å²) in [5.74, 6) is 6.57. The second kappa shape index (κ2) is 6.21. The van der Waals surface area contributed by atoms with E-state index in [1.165, 1.54) is 0 Å². The van der Waals surface area contributed by atoms with E-state index >= 15 is 0 Å². The summed E-state index contributed by atoms with van der Waals surface area (Å²) in [5, 5.41) is 2.79. The van der Waals surface area contributed by atoms with Crippen molar-refractivity contribution in [1.82, 2.24) is 10.3 Å². The van der Waals surface area contributed by atoms with Crippen molar-refractivity contribution >= 4 is 11.7 Å². The molecule has 2 aromatic heterocycles. The van der Waals surface area contributed by atoms with Gasteiger partial charge in [0.1, 0.15) is 11.6 Å². The number of hydrogen-bond acceptors (Lipinski definition) is 5. The molecule has 2 rings (SSSR count). The van der Waals surface area contributed by atoms with E-state index in [4.69, 9.17) is 10.3 Å². The zero-order valence-corrected chi connectivity index (χ0v) is 11.5. The van der Waals surface area contributed by atoms with Crippen LogP contribution in [0.5, 0.6) is 0 Å². The Balaban J connectivity index is 2.14. The minimum Gasteiger partial charge on any atom is -0.467 e. The number of amides is 1. The predicted molar refractivity (Wildman–Crippen MR) is 76.0 cm³/mol. The summed E-state index contributed by atoms with van der Waals surface area (Å²) in [4.78, 5) is 16.4. The van der Waals surface area contributed by atoms with Crippen LogP contribution < -0.4 is 16.6 Å². The van der Waals surface area contributed by atoms with Crippen molar-refractivity contribution in [2.24, 2.45) is 5.84 Å².